The van der Waals surface area contributed by atoms with Crippen molar-refractivity contribution in [2.75, 3.05) is 7.11 Å². The van der Waals surface area contributed by atoms with Crippen LogP contribution in [0, 0.1) is 6.92 Å². The molecule has 0 aliphatic carbocycles. The zero-order valence-electron chi connectivity index (χ0n) is 15.9. The van der Waals surface area contributed by atoms with Crippen LogP contribution in [0.3, 0.4) is 0 Å². The van der Waals surface area contributed by atoms with Crippen LogP contribution in [0.1, 0.15) is 31.3 Å². The number of aromatic nitrogens is 2. The monoisotopic (exact) mass is 406 g/mol. The summed E-state index contributed by atoms with van der Waals surface area (Å²) in [5.74, 6) is -0.788. The van der Waals surface area contributed by atoms with Gasteiger partial charge in [-0.05, 0) is 42.8 Å². The van der Waals surface area contributed by atoms with Crippen molar-refractivity contribution in [1.82, 2.24) is 9.78 Å². The van der Waals surface area contributed by atoms with Crippen molar-refractivity contribution in [2.24, 2.45) is 0 Å². The Morgan fingerprint density at radius 2 is 1.76 bits per heavy atom. The maximum absolute atomic E-state index is 12.6. The number of fused-ring (bicyclic) bond motifs is 1. The zero-order chi connectivity index (χ0) is 20.4. The highest BCUT2D eigenvalue weighted by atomic mass is 32.1. The van der Waals surface area contributed by atoms with Gasteiger partial charge in [-0.25, -0.2) is 14.3 Å². The molecule has 0 saturated heterocycles. The van der Waals surface area contributed by atoms with Gasteiger partial charge < -0.3 is 9.47 Å². The average molecular weight is 406 g/mol. The van der Waals surface area contributed by atoms with Crippen molar-refractivity contribution in [2.45, 2.75) is 13.5 Å². The SMILES string of the molecule is COC(=O)c1ccc(COC(=O)c2cc3c(C)nn(-c4ccccc4)c3s2)cc1. The Balaban J connectivity index is 1.51. The molecule has 0 fully saturated rings. The maximum Gasteiger partial charge on any atom is 0.348 e. The highest BCUT2D eigenvalue weighted by molar-refractivity contribution is 7.20. The molecule has 0 aliphatic rings. The number of benzene rings is 2. The Morgan fingerprint density at radius 1 is 1.03 bits per heavy atom. The van der Waals surface area contributed by atoms with E-state index >= 15 is 0 Å². The lowest BCUT2D eigenvalue weighted by molar-refractivity contribution is 0.0477. The molecule has 0 unspecified atom stereocenters. The first-order valence-electron chi connectivity index (χ1n) is 8.96. The molecule has 2 aromatic carbocycles. The third-order valence-corrected chi connectivity index (χ3v) is 5.58. The topological polar surface area (TPSA) is 70.4 Å². The van der Waals surface area contributed by atoms with Gasteiger partial charge in [0.05, 0.1) is 24.1 Å². The van der Waals surface area contributed by atoms with E-state index < -0.39 is 5.97 Å². The van der Waals surface area contributed by atoms with Crippen LogP contribution in [-0.2, 0) is 16.1 Å². The molecule has 0 amide bonds. The van der Waals surface area contributed by atoms with E-state index in [-0.39, 0.29) is 12.6 Å². The van der Waals surface area contributed by atoms with Crippen molar-refractivity contribution in [3.63, 3.8) is 0 Å². The van der Waals surface area contributed by atoms with Crippen LogP contribution in [0.5, 0.6) is 0 Å². The summed E-state index contributed by atoms with van der Waals surface area (Å²) in [4.78, 5) is 25.5. The van der Waals surface area contributed by atoms with Gasteiger partial charge in [0.1, 0.15) is 16.3 Å². The van der Waals surface area contributed by atoms with Gasteiger partial charge in [-0.1, -0.05) is 30.3 Å². The van der Waals surface area contributed by atoms with E-state index in [4.69, 9.17) is 4.74 Å². The number of ether oxygens (including phenoxy) is 2. The van der Waals surface area contributed by atoms with Gasteiger partial charge in [0.25, 0.3) is 0 Å². The van der Waals surface area contributed by atoms with Crippen LogP contribution in [0.2, 0.25) is 0 Å². The molecule has 2 aromatic heterocycles. The van der Waals surface area contributed by atoms with E-state index in [1.54, 1.807) is 24.3 Å². The minimum Gasteiger partial charge on any atom is -0.465 e. The van der Waals surface area contributed by atoms with Gasteiger partial charge in [0.2, 0.25) is 0 Å². The second-order valence-electron chi connectivity index (χ2n) is 6.43. The summed E-state index contributed by atoms with van der Waals surface area (Å²) in [5, 5.41) is 5.52. The number of rotatable bonds is 5. The molecule has 146 valence electrons. The summed E-state index contributed by atoms with van der Waals surface area (Å²) >= 11 is 1.36. The highest BCUT2D eigenvalue weighted by Gasteiger charge is 2.18. The molecule has 0 bridgehead atoms. The Labute approximate surface area is 171 Å². The summed E-state index contributed by atoms with van der Waals surface area (Å²) < 4.78 is 12.0. The van der Waals surface area contributed by atoms with Gasteiger partial charge >= 0.3 is 11.9 Å². The third kappa shape index (κ3) is 3.77. The van der Waals surface area contributed by atoms with Gasteiger partial charge in [0, 0.05) is 5.39 Å². The van der Waals surface area contributed by atoms with Crippen LogP contribution in [0.15, 0.2) is 60.7 Å². The van der Waals surface area contributed by atoms with Crippen LogP contribution < -0.4 is 0 Å². The molecule has 4 rings (SSSR count). The molecular weight excluding hydrogens is 388 g/mol. The number of carbonyl (C=O) groups excluding carboxylic acids is 2. The summed E-state index contributed by atoms with van der Waals surface area (Å²) in [6.45, 7) is 2.05. The number of nitrogens with zero attached hydrogens (tertiary/aromatic N) is 2. The number of methoxy groups -OCH3 is 1. The molecular formula is C22H18N2O4S. The molecule has 0 N–H and O–H groups in total. The molecule has 2 heterocycles. The number of aryl methyl sites for hydroxylation is 1. The number of hydrogen-bond acceptors (Lipinski definition) is 6. The van der Waals surface area contributed by atoms with Gasteiger partial charge in [0.15, 0.2) is 0 Å². The fourth-order valence-electron chi connectivity index (χ4n) is 2.97. The van der Waals surface area contributed by atoms with E-state index in [2.05, 4.69) is 9.84 Å². The predicted octanol–water partition coefficient (Wildman–Crippen LogP) is 4.54. The Kier molecular flexibility index (Phi) is 5.14. The fraction of sp³-hybridized carbons (Fsp3) is 0.136. The predicted molar refractivity (Wildman–Crippen MR) is 111 cm³/mol. The summed E-state index contributed by atoms with van der Waals surface area (Å²) in [5.41, 5.74) is 3.04. The highest BCUT2D eigenvalue weighted by Crippen LogP contribution is 2.30. The van der Waals surface area contributed by atoms with Crippen molar-refractivity contribution >= 4 is 33.5 Å². The lowest BCUT2D eigenvalue weighted by Crippen LogP contribution is -2.04. The van der Waals surface area contributed by atoms with E-state index in [0.717, 1.165) is 27.2 Å². The molecule has 29 heavy (non-hydrogen) atoms. The van der Waals surface area contributed by atoms with Gasteiger partial charge in [-0.2, -0.15) is 5.10 Å². The summed E-state index contributed by atoms with van der Waals surface area (Å²) in [6.07, 6.45) is 0. The first kappa shape index (κ1) is 18.9. The molecule has 0 radical (unpaired) electrons. The molecule has 7 heteroatoms. The lowest BCUT2D eigenvalue weighted by Gasteiger charge is -2.05. The Morgan fingerprint density at radius 3 is 2.45 bits per heavy atom. The Bertz CT molecular complexity index is 1180. The van der Waals surface area contributed by atoms with Crippen LogP contribution in [0.25, 0.3) is 15.9 Å². The standard InChI is InChI=1S/C22H18N2O4S/c1-14-18-12-19(29-20(18)24(23-14)17-6-4-3-5-7-17)22(26)28-13-15-8-10-16(11-9-15)21(25)27-2/h3-12H,13H2,1-2H3. The zero-order valence-corrected chi connectivity index (χ0v) is 16.7. The van der Waals surface area contributed by atoms with Gasteiger partial charge in [-0.3, -0.25) is 0 Å². The van der Waals surface area contributed by atoms with Crippen molar-refractivity contribution in [3.8, 4) is 5.69 Å². The number of carbonyl (C=O) groups is 2. The summed E-state index contributed by atoms with van der Waals surface area (Å²) in [6, 6.07) is 18.4. The minimum atomic E-state index is -0.401. The van der Waals surface area contributed by atoms with Crippen molar-refractivity contribution < 1.29 is 19.1 Å². The van der Waals surface area contributed by atoms with E-state index in [1.807, 2.05) is 48.0 Å². The second-order valence-corrected chi connectivity index (χ2v) is 7.46. The first-order chi connectivity index (χ1) is 14.1. The second kappa shape index (κ2) is 7.89. The Hall–Kier alpha value is -3.45. The van der Waals surface area contributed by atoms with E-state index in [0.29, 0.717) is 10.4 Å². The number of thiophene rings is 1. The van der Waals surface area contributed by atoms with Crippen LogP contribution in [-0.4, -0.2) is 28.8 Å². The van der Waals surface area contributed by atoms with E-state index in [9.17, 15) is 9.59 Å². The normalized spacial score (nSPS) is 10.8. The molecule has 4 aromatic rings. The first-order valence-corrected chi connectivity index (χ1v) is 9.77. The lowest BCUT2D eigenvalue weighted by atomic mass is 10.1. The van der Waals surface area contributed by atoms with Crippen molar-refractivity contribution in [1.29, 1.82) is 0 Å². The number of hydrogen-bond donors (Lipinski definition) is 0. The molecule has 0 saturated carbocycles. The quantitative estimate of drug-likeness (QED) is 0.455. The maximum atomic E-state index is 12.6. The molecule has 0 spiro atoms. The average Bonchev–Trinajstić information content (AvgIpc) is 3.33. The van der Waals surface area contributed by atoms with E-state index in [1.165, 1.54) is 18.4 Å². The van der Waals surface area contributed by atoms with Crippen LogP contribution >= 0.6 is 11.3 Å². The fourth-order valence-corrected chi connectivity index (χ4v) is 4.04. The third-order valence-electron chi connectivity index (χ3n) is 4.49. The number of esters is 2. The van der Waals surface area contributed by atoms with Crippen LogP contribution in [0.4, 0.5) is 0 Å². The summed E-state index contributed by atoms with van der Waals surface area (Å²) in [7, 11) is 1.34. The number of para-hydroxylation sites is 1. The molecule has 6 nitrogen and oxygen atoms in total. The molecule has 0 aliphatic heterocycles. The van der Waals surface area contributed by atoms with Gasteiger partial charge in [-0.15, -0.1) is 11.3 Å². The largest absolute Gasteiger partial charge is 0.465 e. The minimum absolute atomic E-state index is 0.123. The molecule has 0 atom stereocenters. The smallest absolute Gasteiger partial charge is 0.348 e. The van der Waals surface area contributed by atoms with Crippen molar-refractivity contribution in [3.05, 3.63) is 82.4 Å².